The Hall–Kier alpha value is -2.10. The zero-order valence-electron chi connectivity index (χ0n) is 10.3. The molecule has 0 unspecified atom stereocenters. The molecular weight excluding hydrogens is 232 g/mol. The lowest BCUT2D eigenvalue weighted by molar-refractivity contribution is -0.158. The van der Waals surface area contributed by atoms with Crippen LogP contribution in [0.15, 0.2) is 42.0 Å². The van der Waals surface area contributed by atoms with Crippen LogP contribution in [0, 0.1) is 5.92 Å². The van der Waals surface area contributed by atoms with E-state index < -0.39 is 24.0 Å². The van der Waals surface area contributed by atoms with E-state index in [-0.39, 0.29) is 0 Å². The van der Waals surface area contributed by atoms with Gasteiger partial charge in [-0.2, -0.15) is 0 Å². The molecule has 4 nitrogen and oxygen atoms in total. The van der Waals surface area contributed by atoms with E-state index in [1.165, 1.54) is 13.2 Å². The number of rotatable bonds is 2. The number of carbonyl (C=O) groups is 2. The Labute approximate surface area is 105 Å². The van der Waals surface area contributed by atoms with E-state index in [2.05, 4.69) is 0 Å². The summed E-state index contributed by atoms with van der Waals surface area (Å²) in [5.41, 5.74) is 1.45. The Morgan fingerprint density at radius 1 is 1.28 bits per heavy atom. The van der Waals surface area contributed by atoms with E-state index in [0.29, 0.717) is 5.57 Å². The van der Waals surface area contributed by atoms with Crippen molar-refractivity contribution < 1.29 is 19.1 Å². The average molecular weight is 246 g/mol. The molecule has 0 radical (unpaired) electrons. The van der Waals surface area contributed by atoms with Crippen molar-refractivity contribution in [3.63, 3.8) is 0 Å². The molecule has 2 rings (SSSR count). The van der Waals surface area contributed by atoms with E-state index >= 15 is 0 Å². The van der Waals surface area contributed by atoms with Crippen LogP contribution in [0.4, 0.5) is 0 Å². The SMILES string of the molecule is COC(=O)[C@@H]1C(C)=CC(=O)O[C@H]1c1ccccc1. The molecule has 2 atom stereocenters. The first-order valence-corrected chi connectivity index (χ1v) is 5.65. The van der Waals surface area contributed by atoms with Crippen LogP contribution in [-0.2, 0) is 19.1 Å². The lowest BCUT2D eigenvalue weighted by Crippen LogP contribution is -2.31. The highest BCUT2D eigenvalue weighted by Crippen LogP contribution is 2.35. The van der Waals surface area contributed by atoms with Gasteiger partial charge in [0.25, 0.3) is 0 Å². The summed E-state index contributed by atoms with van der Waals surface area (Å²) in [4.78, 5) is 23.3. The summed E-state index contributed by atoms with van der Waals surface area (Å²) in [7, 11) is 1.33. The average Bonchev–Trinajstić information content (AvgIpc) is 2.38. The van der Waals surface area contributed by atoms with Crippen LogP contribution in [0.25, 0.3) is 0 Å². The Morgan fingerprint density at radius 3 is 2.56 bits per heavy atom. The number of cyclic esters (lactones) is 1. The third kappa shape index (κ3) is 2.27. The molecule has 0 fully saturated rings. The zero-order chi connectivity index (χ0) is 13.1. The largest absolute Gasteiger partial charge is 0.468 e. The molecule has 1 heterocycles. The standard InChI is InChI=1S/C14H14O4/c1-9-8-11(15)18-13(12(9)14(16)17-2)10-6-4-3-5-7-10/h3-8,12-13H,1-2H3/t12-,13+/m1/s1. The fourth-order valence-corrected chi connectivity index (χ4v) is 2.08. The van der Waals surface area contributed by atoms with Crippen molar-refractivity contribution in [2.45, 2.75) is 13.0 Å². The molecule has 0 saturated heterocycles. The van der Waals surface area contributed by atoms with Gasteiger partial charge in [-0.25, -0.2) is 4.79 Å². The van der Waals surface area contributed by atoms with Crippen molar-refractivity contribution in [3.8, 4) is 0 Å². The number of benzene rings is 1. The van der Waals surface area contributed by atoms with Crippen molar-refractivity contribution in [1.82, 2.24) is 0 Å². The fourth-order valence-electron chi connectivity index (χ4n) is 2.08. The summed E-state index contributed by atoms with van der Waals surface area (Å²) in [6.45, 7) is 1.73. The summed E-state index contributed by atoms with van der Waals surface area (Å²) < 4.78 is 10.0. The molecule has 0 bridgehead atoms. The highest BCUT2D eigenvalue weighted by atomic mass is 16.6. The van der Waals surface area contributed by atoms with Gasteiger partial charge in [0, 0.05) is 6.08 Å². The quantitative estimate of drug-likeness (QED) is 0.749. The van der Waals surface area contributed by atoms with E-state index in [1.54, 1.807) is 6.92 Å². The minimum atomic E-state index is -0.615. The number of hydrogen-bond donors (Lipinski definition) is 0. The smallest absolute Gasteiger partial charge is 0.331 e. The minimum absolute atomic E-state index is 0.398. The zero-order valence-corrected chi connectivity index (χ0v) is 10.3. The lowest BCUT2D eigenvalue weighted by atomic mass is 9.87. The number of hydrogen-bond acceptors (Lipinski definition) is 4. The third-order valence-electron chi connectivity index (χ3n) is 2.97. The predicted molar refractivity (Wildman–Crippen MR) is 64.5 cm³/mol. The topological polar surface area (TPSA) is 52.6 Å². The fraction of sp³-hybridized carbons (Fsp3) is 0.286. The number of esters is 2. The Bertz CT molecular complexity index is 490. The molecule has 1 aliphatic rings. The maximum atomic E-state index is 11.8. The van der Waals surface area contributed by atoms with Crippen molar-refractivity contribution in [3.05, 3.63) is 47.5 Å². The Kier molecular flexibility index (Phi) is 3.46. The van der Waals surface area contributed by atoms with Gasteiger partial charge >= 0.3 is 11.9 Å². The first kappa shape index (κ1) is 12.4. The molecule has 0 aromatic heterocycles. The van der Waals surface area contributed by atoms with Gasteiger partial charge in [0.1, 0.15) is 12.0 Å². The van der Waals surface area contributed by atoms with Crippen molar-refractivity contribution in [2.24, 2.45) is 5.92 Å². The van der Waals surface area contributed by atoms with Gasteiger partial charge < -0.3 is 9.47 Å². The molecule has 1 aromatic carbocycles. The van der Waals surface area contributed by atoms with Crippen LogP contribution in [0.2, 0.25) is 0 Å². The van der Waals surface area contributed by atoms with Gasteiger partial charge in [-0.3, -0.25) is 4.79 Å². The first-order chi connectivity index (χ1) is 8.63. The van der Waals surface area contributed by atoms with E-state index in [9.17, 15) is 9.59 Å². The normalized spacial score (nSPS) is 23.0. The van der Waals surface area contributed by atoms with Gasteiger partial charge in [-0.1, -0.05) is 30.3 Å². The van der Waals surface area contributed by atoms with Gasteiger partial charge in [-0.15, -0.1) is 0 Å². The van der Waals surface area contributed by atoms with E-state index in [0.717, 1.165) is 5.56 Å². The molecule has 0 N–H and O–H groups in total. The summed E-state index contributed by atoms with van der Waals surface area (Å²) in [5, 5.41) is 0. The Morgan fingerprint density at radius 2 is 1.94 bits per heavy atom. The van der Waals surface area contributed by atoms with Crippen LogP contribution in [0.3, 0.4) is 0 Å². The van der Waals surface area contributed by atoms with Gasteiger partial charge in [0.2, 0.25) is 0 Å². The number of carbonyl (C=O) groups excluding carboxylic acids is 2. The lowest BCUT2D eigenvalue weighted by Gasteiger charge is -2.29. The Balaban J connectivity index is 2.41. The maximum absolute atomic E-state index is 11.8. The van der Waals surface area contributed by atoms with Crippen LogP contribution in [-0.4, -0.2) is 19.0 Å². The molecule has 0 saturated carbocycles. The van der Waals surface area contributed by atoms with Gasteiger partial charge in [0.05, 0.1) is 7.11 Å². The molecule has 1 aliphatic heterocycles. The summed E-state index contributed by atoms with van der Waals surface area (Å²) in [6, 6.07) is 9.19. The molecule has 4 heteroatoms. The highest BCUT2D eigenvalue weighted by molar-refractivity contribution is 5.88. The maximum Gasteiger partial charge on any atom is 0.331 e. The van der Waals surface area contributed by atoms with E-state index in [1.807, 2.05) is 30.3 Å². The third-order valence-corrected chi connectivity index (χ3v) is 2.97. The number of ether oxygens (including phenoxy) is 2. The molecule has 18 heavy (non-hydrogen) atoms. The second kappa shape index (κ2) is 5.04. The summed E-state index contributed by atoms with van der Waals surface area (Å²) >= 11 is 0. The van der Waals surface area contributed by atoms with Crippen molar-refractivity contribution >= 4 is 11.9 Å². The first-order valence-electron chi connectivity index (χ1n) is 5.65. The monoisotopic (exact) mass is 246 g/mol. The minimum Gasteiger partial charge on any atom is -0.468 e. The van der Waals surface area contributed by atoms with Crippen LogP contribution in [0.1, 0.15) is 18.6 Å². The van der Waals surface area contributed by atoms with Crippen LogP contribution in [0.5, 0.6) is 0 Å². The van der Waals surface area contributed by atoms with E-state index in [4.69, 9.17) is 9.47 Å². The van der Waals surface area contributed by atoms with Gasteiger partial charge in [0.15, 0.2) is 0 Å². The summed E-state index contributed by atoms with van der Waals surface area (Å²) in [6.07, 6.45) is 0.720. The van der Waals surface area contributed by atoms with Crippen molar-refractivity contribution in [2.75, 3.05) is 7.11 Å². The number of methoxy groups -OCH3 is 1. The molecule has 94 valence electrons. The molecule has 1 aromatic rings. The van der Waals surface area contributed by atoms with Gasteiger partial charge in [-0.05, 0) is 18.1 Å². The molecule has 0 spiro atoms. The molecular formula is C14H14O4. The molecule has 0 aliphatic carbocycles. The predicted octanol–water partition coefficient (Wildman–Crippen LogP) is 2.02. The summed E-state index contributed by atoms with van der Waals surface area (Å²) in [5.74, 6) is -1.40. The van der Waals surface area contributed by atoms with Crippen molar-refractivity contribution in [1.29, 1.82) is 0 Å². The second-order valence-corrected chi connectivity index (χ2v) is 4.16. The second-order valence-electron chi connectivity index (χ2n) is 4.16. The molecule has 0 amide bonds. The van der Waals surface area contributed by atoms with Crippen LogP contribution < -0.4 is 0 Å². The van der Waals surface area contributed by atoms with Crippen LogP contribution >= 0.6 is 0 Å². The highest BCUT2D eigenvalue weighted by Gasteiger charge is 2.37.